The van der Waals surface area contributed by atoms with Gasteiger partial charge in [-0.2, -0.15) is 0 Å². The second-order valence-electron chi connectivity index (χ2n) is 3.44. The van der Waals surface area contributed by atoms with E-state index in [2.05, 4.69) is 46.8 Å². The van der Waals surface area contributed by atoms with Crippen molar-refractivity contribution in [2.75, 3.05) is 0 Å². The van der Waals surface area contributed by atoms with Gasteiger partial charge in [0, 0.05) is 18.6 Å². The minimum atomic E-state index is 0.813. The zero-order valence-corrected chi connectivity index (χ0v) is 13.0. The van der Waals surface area contributed by atoms with E-state index in [9.17, 15) is 0 Å². The molecule has 4 nitrogen and oxygen atoms in total. The van der Waals surface area contributed by atoms with Crippen LogP contribution in [0.3, 0.4) is 0 Å². The first-order valence-corrected chi connectivity index (χ1v) is 7.02. The van der Waals surface area contributed by atoms with E-state index in [4.69, 9.17) is 0 Å². The highest BCUT2D eigenvalue weighted by atomic mass is 79.9. The van der Waals surface area contributed by atoms with Crippen molar-refractivity contribution >= 4 is 31.9 Å². The fraction of sp³-hybridized carbons (Fsp3) is 0. The molecule has 0 fully saturated rings. The molecule has 3 rings (SSSR count). The normalized spacial score (nSPS) is 9.58. The lowest BCUT2D eigenvalue weighted by molar-refractivity contribution is 0.993. The van der Waals surface area contributed by atoms with Gasteiger partial charge >= 0.3 is 0 Å². The third-order valence-corrected chi connectivity index (χ3v) is 2.97. The third-order valence-electron chi connectivity index (χ3n) is 2.09. The van der Waals surface area contributed by atoms with Crippen molar-refractivity contribution in [2.45, 2.75) is 0 Å². The Kier molecular flexibility index (Phi) is 5.23. The molecule has 0 saturated heterocycles. The van der Waals surface area contributed by atoms with Gasteiger partial charge in [0.15, 0.2) is 0 Å². The Balaban J connectivity index is 0.000000163. The number of rotatable bonds is 1. The SMILES string of the molecule is Brc1ccccn1.Brc1cn(-c2ccccn2)cn1. The highest BCUT2D eigenvalue weighted by Crippen LogP contribution is 2.08. The molecule has 0 aliphatic rings. The molecule has 0 saturated carbocycles. The second-order valence-corrected chi connectivity index (χ2v) is 5.07. The Bertz CT molecular complexity index is 611. The van der Waals surface area contributed by atoms with Crippen LogP contribution >= 0.6 is 31.9 Å². The van der Waals surface area contributed by atoms with E-state index in [0.29, 0.717) is 0 Å². The van der Waals surface area contributed by atoms with Gasteiger partial charge in [0.1, 0.15) is 21.4 Å². The summed E-state index contributed by atoms with van der Waals surface area (Å²) in [5.74, 6) is 0.871. The van der Waals surface area contributed by atoms with E-state index in [1.807, 2.05) is 47.2 Å². The summed E-state index contributed by atoms with van der Waals surface area (Å²) >= 11 is 6.47. The maximum Gasteiger partial charge on any atom is 0.137 e. The van der Waals surface area contributed by atoms with Gasteiger partial charge in [-0.25, -0.2) is 15.0 Å². The van der Waals surface area contributed by atoms with Gasteiger partial charge in [0.25, 0.3) is 0 Å². The van der Waals surface area contributed by atoms with Crippen molar-refractivity contribution in [3.8, 4) is 5.82 Å². The van der Waals surface area contributed by atoms with Crippen molar-refractivity contribution in [1.29, 1.82) is 0 Å². The first-order valence-electron chi connectivity index (χ1n) is 5.43. The summed E-state index contributed by atoms with van der Waals surface area (Å²) in [6, 6.07) is 11.4. The lowest BCUT2D eigenvalue weighted by atomic mass is 10.5. The lowest BCUT2D eigenvalue weighted by Gasteiger charge is -1.97. The quantitative estimate of drug-likeness (QED) is 0.601. The van der Waals surface area contributed by atoms with Crippen LogP contribution in [-0.4, -0.2) is 19.5 Å². The van der Waals surface area contributed by atoms with Crippen LogP contribution in [-0.2, 0) is 0 Å². The van der Waals surface area contributed by atoms with Gasteiger partial charge in [-0.05, 0) is 56.1 Å². The maximum atomic E-state index is 4.16. The van der Waals surface area contributed by atoms with Crippen LogP contribution in [0.15, 0.2) is 70.5 Å². The van der Waals surface area contributed by atoms with E-state index >= 15 is 0 Å². The van der Waals surface area contributed by atoms with Crippen LogP contribution < -0.4 is 0 Å². The number of imidazole rings is 1. The smallest absolute Gasteiger partial charge is 0.137 e. The lowest BCUT2D eigenvalue weighted by Crippen LogP contribution is -1.91. The Labute approximate surface area is 127 Å². The average molecular weight is 382 g/mol. The van der Waals surface area contributed by atoms with E-state index in [0.717, 1.165) is 15.0 Å². The van der Waals surface area contributed by atoms with Crippen LogP contribution in [0, 0.1) is 0 Å². The van der Waals surface area contributed by atoms with Gasteiger partial charge in [-0.15, -0.1) is 0 Å². The molecule has 0 radical (unpaired) electrons. The topological polar surface area (TPSA) is 43.6 Å². The van der Waals surface area contributed by atoms with Gasteiger partial charge in [0.05, 0.1) is 0 Å². The molecule has 3 aromatic heterocycles. The van der Waals surface area contributed by atoms with Crippen LogP contribution in [0.4, 0.5) is 0 Å². The van der Waals surface area contributed by atoms with Crippen LogP contribution in [0.2, 0.25) is 0 Å². The van der Waals surface area contributed by atoms with Gasteiger partial charge < -0.3 is 0 Å². The molecule has 19 heavy (non-hydrogen) atoms. The van der Waals surface area contributed by atoms with Crippen LogP contribution in [0.5, 0.6) is 0 Å². The molecule has 0 N–H and O–H groups in total. The average Bonchev–Trinajstić information content (AvgIpc) is 2.88. The summed E-state index contributed by atoms with van der Waals surface area (Å²) in [4.78, 5) is 12.1. The van der Waals surface area contributed by atoms with E-state index < -0.39 is 0 Å². The first kappa shape index (κ1) is 13.9. The van der Waals surface area contributed by atoms with E-state index in [1.54, 1.807) is 18.7 Å². The summed E-state index contributed by atoms with van der Waals surface area (Å²) in [5, 5.41) is 0. The number of aromatic nitrogens is 4. The maximum absolute atomic E-state index is 4.16. The summed E-state index contributed by atoms with van der Waals surface area (Å²) < 4.78 is 3.55. The molecule has 0 spiro atoms. The zero-order valence-electron chi connectivity index (χ0n) is 9.82. The van der Waals surface area contributed by atoms with Gasteiger partial charge in [-0.1, -0.05) is 12.1 Å². The Morgan fingerprint density at radius 2 is 1.53 bits per heavy atom. The molecule has 0 amide bonds. The zero-order chi connectivity index (χ0) is 13.5. The molecule has 6 heteroatoms. The molecule has 96 valence electrons. The van der Waals surface area contributed by atoms with Gasteiger partial charge in [-0.3, -0.25) is 4.57 Å². The van der Waals surface area contributed by atoms with Crippen molar-refractivity contribution < 1.29 is 0 Å². The first-order chi connectivity index (χ1) is 9.25. The number of nitrogens with zero attached hydrogens (tertiary/aromatic N) is 4. The predicted molar refractivity (Wildman–Crippen MR) is 81.0 cm³/mol. The number of pyridine rings is 2. The predicted octanol–water partition coefficient (Wildman–Crippen LogP) is 3.87. The molecule has 0 aliphatic heterocycles. The monoisotopic (exact) mass is 380 g/mol. The summed E-state index contributed by atoms with van der Waals surface area (Å²) in [5.41, 5.74) is 0. The van der Waals surface area contributed by atoms with Crippen molar-refractivity contribution in [1.82, 2.24) is 19.5 Å². The largest absolute Gasteiger partial charge is 0.289 e. The van der Waals surface area contributed by atoms with Crippen LogP contribution in [0.1, 0.15) is 0 Å². The summed E-state index contributed by atoms with van der Waals surface area (Å²) in [6.45, 7) is 0. The van der Waals surface area contributed by atoms with Gasteiger partial charge in [0.2, 0.25) is 0 Å². The fourth-order valence-corrected chi connectivity index (χ4v) is 1.86. The number of halogens is 2. The third kappa shape index (κ3) is 4.57. The Hall–Kier alpha value is -1.53. The summed E-state index contributed by atoms with van der Waals surface area (Å²) in [7, 11) is 0. The van der Waals surface area contributed by atoms with Crippen molar-refractivity contribution in [2.24, 2.45) is 0 Å². The van der Waals surface area contributed by atoms with E-state index in [-0.39, 0.29) is 0 Å². The molecule has 0 aromatic carbocycles. The highest BCUT2D eigenvalue weighted by molar-refractivity contribution is 9.10. The van der Waals surface area contributed by atoms with E-state index in [1.165, 1.54) is 0 Å². The Morgan fingerprint density at radius 1 is 0.789 bits per heavy atom. The molecule has 3 aromatic rings. The molecule has 0 atom stereocenters. The molecule has 3 heterocycles. The number of hydrogen-bond acceptors (Lipinski definition) is 3. The minimum absolute atomic E-state index is 0.813. The van der Waals surface area contributed by atoms with Crippen LogP contribution in [0.25, 0.3) is 5.82 Å². The minimum Gasteiger partial charge on any atom is -0.289 e. The number of hydrogen-bond donors (Lipinski definition) is 0. The molecule has 0 unspecified atom stereocenters. The molecular formula is C13H10Br2N4. The molecule has 0 bridgehead atoms. The molecule has 0 aliphatic carbocycles. The highest BCUT2D eigenvalue weighted by Gasteiger charge is 1.96. The standard InChI is InChI=1S/C8H6BrN3.C5H4BrN/c9-7-5-12(6-11-7)8-3-1-2-4-10-8;6-5-3-1-2-4-7-5/h1-6H;1-4H. The summed E-state index contributed by atoms with van der Waals surface area (Å²) in [6.07, 6.45) is 7.07. The second kappa shape index (κ2) is 7.16. The molecular weight excluding hydrogens is 372 g/mol. The fourth-order valence-electron chi connectivity index (χ4n) is 1.27. The van der Waals surface area contributed by atoms with Crippen molar-refractivity contribution in [3.05, 3.63) is 70.5 Å². The Morgan fingerprint density at radius 3 is 1.95 bits per heavy atom. The van der Waals surface area contributed by atoms with Crippen molar-refractivity contribution in [3.63, 3.8) is 0 Å².